The molecule has 5 nitrogen and oxygen atoms in total. The van der Waals surface area contributed by atoms with Crippen molar-refractivity contribution in [3.63, 3.8) is 0 Å². The molecule has 8 heteroatoms. The van der Waals surface area contributed by atoms with Crippen LogP contribution in [0, 0.1) is 18.6 Å². The van der Waals surface area contributed by atoms with Gasteiger partial charge in [-0.15, -0.1) is 0 Å². The summed E-state index contributed by atoms with van der Waals surface area (Å²) in [7, 11) is 1.37. The molecule has 0 spiro atoms. The van der Waals surface area contributed by atoms with Crippen LogP contribution >= 0.6 is 11.6 Å². The summed E-state index contributed by atoms with van der Waals surface area (Å²) in [6.45, 7) is 1.43. The predicted molar refractivity (Wildman–Crippen MR) is 93.0 cm³/mol. The second kappa shape index (κ2) is 8.62. The first kappa shape index (κ1) is 19.7. The largest absolute Gasteiger partial charge is 0.484 e. The summed E-state index contributed by atoms with van der Waals surface area (Å²) in [5, 5.41) is 5.37. The number of likely N-dealkylation sites (N-methyl/N-ethyl adjacent to an activating group) is 1. The lowest BCUT2D eigenvalue weighted by molar-refractivity contribution is -0.129. The van der Waals surface area contributed by atoms with Crippen molar-refractivity contribution in [3.8, 4) is 5.75 Å². The molecule has 0 fully saturated rings. The highest BCUT2D eigenvalue weighted by Gasteiger charge is 2.23. The van der Waals surface area contributed by atoms with Crippen LogP contribution in [0.25, 0.3) is 0 Å². The minimum atomic E-state index is -1.18. The van der Waals surface area contributed by atoms with Crippen molar-refractivity contribution in [2.24, 2.45) is 0 Å². The number of benzene rings is 2. The van der Waals surface area contributed by atoms with Gasteiger partial charge in [0.25, 0.3) is 5.91 Å². The molecule has 2 aromatic rings. The van der Waals surface area contributed by atoms with E-state index in [-0.39, 0.29) is 12.2 Å². The number of carbonyl (C=O) groups excluding carboxylic acids is 2. The highest BCUT2D eigenvalue weighted by atomic mass is 35.5. The van der Waals surface area contributed by atoms with Gasteiger partial charge in [-0.25, -0.2) is 8.78 Å². The molecule has 138 valence electrons. The summed E-state index contributed by atoms with van der Waals surface area (Å²) < 4.78 is 31.9. The molecule has 2 N–H and O–H groups in total. The maximum absolute atomic E-state index is 13.4. The van der Waals surface area contributed by atoms with Crippen LogP contribution in [0.2, 0.25) is 5.02 Å². The molecular formula is C18H17ClF2N2O3. The fraction of sp³-hybridized carbons (Fsp3) is 0.222. The van der Waals surface area contributed by atoms with Crippen LogP contribution in [0.15, 0.2) is 36.4 Å². The van der Waals surface area contributed by atoms with Gasteiger partial charge in [0.05, 0.1) is 0 Å². The van der Waals surface area contributed by atoms with E-state index in [1.807, 2.05) is 0 Å². The van der Waals surface area contributed by atoms with Crippen molar-refractivity contribution >= 4 is 23.4 Å². The molecule has 2 amide bonds. The molecule has 0 radical (unpaired) electrons. The Morgan fingerprint density at radius 2 is 1.88 bits per heavy atom. The number of hydrogen-bond donors (Lipinski definition) is 2. The summed E-state index contributed by atoms with van der Waals surface area (Å²) in [5.41, 5.74) is 0.897. The summed E-state index contributed by atoms with van der Waals surface area (Å²) in [4.78, 5) is 24.1. The third kappa shape index (κ3) is 4.92. The Morgan fingerprint density at radius 1 is 1.15 bits per heavy atom. The highest BCUT2D eigenvalue weighted by molar-refractivity contribution is 6.31. The van der Waals surface area contributed by atoms with Crippen LogP contribution in [0.4, 0.5) is 8.78 Å². The molecule has 0 aliphatic heterocycles. The lowest BCUT2D eigenvalue weighted by Crippen LogP contribution is -2.41. The molecule has 0 heterocycles. The number of halogens is 3. The Labute approximate surface area is 154 Å². The van der Waals surface area contributed by atoms with Gasteiger partial charge in [0, 0.05) is 12.1 Å². The Morgan fingerprint density at radius 3 is 2.50 bits per heavy atom. The third-order valence-electron chi connectivity index (χ3n) is 3.59. The Bertz CT molecular complexity index is 830. The van der Waals surface area contributed by atoms with Crippen LogP contribution in [0.3, 0.4) is 0 Å². The number of rotatable bonds is 6. The minimum absolute atomic E-state index is 0.110. The number of carbonyl (C=O) groups is 2. The summed E-state index contributed by atoms with van der Waals surface area (Å²) in [5.74, 6) is -2.90. The number of hydrogen-bond acceptors (Lipinski definition) is 3. The molecule has 2 rings (SSSR count). The van der Waals surface area contributed by atoms with Crippen LogP contribution in [-0.2, 0) is 9.59 Å². The predicted octanol–water partition coefficient (Wildman–Crippen LogP) is 2.91. The average molecular weight is 383 g/mol. The Balaban J connectivity index is 2.07. The Hall–Kier alpha value is -2.67. The molecule has 0 saturated carbocycles. The smallest absolute Gasteiger partial charge is 0.258 e. The van der Waals surface area contributed by atoms with Gasteiger partial charge >= 0.3 is 0 Å². The van der Waals surface area contributed by atoms with E-state index in [1.165, 1.54) is 13.1 Å². The topological polar surface area (TPSA) is 67.4 Å². The van der Waals surface area contributed by atoms with E-state index in [2.05, 4.69) is 10.6 Å². The van der Waals surface area contributed by atoms with Gasteiger partial charge in [-0.05, 0) is 48.4 Å². The summed E-state index contributed by atoms with van der Waals surface area (Å²) in [6.07, 6.45) is 0. The van der Waals surface area contributed by atoms with Crippen LogP contribution in [-0.4, -0.2) is 25.5 Å². The first-order valence-corrected chi connectivity index (χ1v) is 8.04. The molecule has 0 aromatic heterocycles. The SMILES string of the molecule is CNC(=O)C(NC(=O)COc1ccc(Cl)c(C)c1)c1ccc(F)c(F)c1. The quantitative estimate of drug-likeness (QED) is 0.807. The number of nitrogens with one attached hydrogen (secondary N) is 2. The van der Waals surface area contributed by atoms with E-state index in [4.69, 9.17) is 16.3 Å². The molecule has 0 bridgehead atoms. The molecule has 0 aliphatic rings. The Kier molecular flexibility index (Phi) is 6.52. The van der Waals surface area contributed by atoms with Crippen molar-refractivity contribution in [2.75, 3.05) is 13.7 Å². The van der Waals surface area contributed by atoms with Crippen LogP contribution in [0.1, 0.15) is 17.2 Å². The maximum atomic E-state index is 13.4. The zero-order valence-corrected chi connectivity index (χ0v) is 14.9. The fourth-order valence-electron chi connectivity index (χ4n) is 2.20. The van der Waals surface area contributed by atoms with Crippen LogP contribution < -0.4 is 15.4 Å². The van der Waals surface area contributed by atoms with E-state index in [0.29, 0.717) is 10.8 Å². The van der Waals surface area contributed by atoms with Crippen LogP contribution in [0.5, 0.6) is 5.75 Å². The highest BCUT2D eigenvalue weighted by Crippen LogP contribution is 2.21. The molecule has 0 saturated heterocycles. The fourth-order valence-corrected chi connectivity index (χ4v) is 2.31. The van der Waals surface area contributed by atoms with Gasteiger partial charge < -0.3 is 15.4 Å². The molecular weight excluding hydrogens is 366 g/mol. The first-order valence-electron chi connectivity index (χ1n) is 7.66. The van der Waals surface area contributed by atoms with E-state index in [1.54, 1.807) is 25.1 Å². The van der Waals surface area contributed by atoms with Crippen molar-refractivity contribution < 1.29 is 23.1 Å². The lowest BCUT2D eigenvalue weighted by atomic mass is 10.1. The van der Waals surface area contributed by atoms with Gasteiger partial charge in [-0.3, -0.25) is 9.59 Å². The standard InChI is InChI=1S/C18H17ClF2N2O3/c1-10-7-12(4-5-13(10)19)26-9-16(24)23-17(18(25)22-2)11-3-6-14(20)15(21)8-11/h3-8,17H,9H2,1-2H3,(H,22,25)(H,23,24). The van der Waals surface area contributed by atoms with Gasteiger partial charge in [-0.2, -0.15) is 0 Å². The molecule has 1 atom stereocenters. The number of aryl methyl sites for hydroxylation is 1. The minimum Gasteiger partial charge on any atom is -0.484 e. The number of ether oxygens (including phenoxy) is 1. The maximum Gasteiger partial charge on any atom is 0.258 e. The molecule has 2 aromatic carbocycles. The van der Waals surface area contributed by atoms with E-state index in [0.717, 1.165) is 17.7 Å². The first-order chi connectivity index (χ1) is 12.3. The second-order valence-corrected chi connectivity index (χ2v) is 5.90. The lowest BCUT2D eigenvalue weighted by Gasteiger charge is -2.18. The third-order valence-corrected chi connectivity index (χ3v) is 4.01. The zero-order valence-electron chi connectivity index (χ0n) is 14.1. The van der Waals surface area contributed by atoms with Crippen molar-refractivity contribution in [1.82, 2.24) is 10.6 Å². The number of amides is 2. The van der Waals surface area contributed by atoms with Gasteiger partial charge in [0.1, 0.15) is 11.8 Å². The molecule has 1 unspecified atom stereocenters. The zero-order chi connectivity index (χ0) is 19.3. The van der Waals surface area contributed by atoms with E-state index < -0.39 is 29.5 Å². The molecule has 0 aliphatic carbocycles. The monoisotopic (exact) mass is 382 g/mol. The van der Waals surface area contributed by atoms with Crippen molar-refractivity contribution in [2.45, 2.75) is 13.0 Å². The van der Waals surface area contributed by atoms with Crippen molar-refractivity contribution in [1.29, 1.82) is 0 Å². The van der Waals surface area contributed by atoms with Gasteiger partial charge in [0.2, 0.25) is 5.91 Å². The van der Waals surface area contributed by atoms with Gasteiger partial charge in [0.15, 0.2) is 18.2 Å². The van der Waals surface area contributed by atoms with E-state index in [9.17, 15) is 18.4 Å². The van der Waals surface area contributed by atoms with Gasteiger partial charge in [-0.1, -0.05) is 17.7 Å². The van der Waals surface area contributed by atoms with Crippen molar-refractivity contribution in [3.05, 3.63) is 64.2 Å². The summed E-state index contributed by atoms with van der Waals surface area (Å²) >= 11 is 5.92. The van der Waals surface area contributed by atoms with E-state index >= 15 is 0 Å². The molecule has 26 heavy (non-hydrogen) atoms. The average Bonchev–Trinajstić information content (AvgIpc) is 2.62. The second-order valence-electron chi connectivity index (χ2n) is 5.49. The normalized spacial score (nSPS) is 11.6. The summed E-state index contributed by atoms with van der Waals surface area (Å²) in [6, 6.07) is 6.70.